The van der Waals surface area contributed by atoms with Crippen LogP contribution in [0, 0.1) is 5.92 Å². The molecule has 11 heavy (non-hydrogen) atoms. The Balaban J connectivity index is 1.96. The van der Waals surface area contributed by atoms with Crippen LogP contribution in [0.4, 0.5) is 0 Å². The van der Waals surface area contributed by atoms with E-state index >= 15 is 0 Å². The lowest BCUT2D eigenvalue weighted by Gasteiger charge is -2.26. The number of nitrogens with zero attached hydrogens (tertiary/aromatic N) is 1. The lowest BCUT2D eigenvalue weighted by Crippen LogP contribution is -2.25. The van der Waals surface area contributed by atoms with Crippen molar-refractivity contribution in [1.29, 1.82) is 0 Å². The van der Waals surface area contributed by atoms with Crippen molar-refractivity contribution in [3.05, 3.63) is 0 Å². The summed E-state index contributed by atoms with van der Waals surface area (Å²) in [6.45, 7) is 1.68. The standard InChI is InChI=1S/C9H17NO/c1-10(7-8-11)6-5-9-3-2-4-9/h8-9H,2-7H2,1H3. The van der Waals surface area contributed by atoms with Crippen molar-refractivity contribution >= 4 is 6.29 Å². The van der Waals surface area contributed by atoms with Gasteiger partial charge in [0.2, 0.25) is 0 Å². The number of hydrogen-bond acceptors (Lipinski definition) is 2. The molecule has 2 nitrogen and oxygen atoms in total. The van der Waals surface area contributed by atoms with Crippen LogP contribution in [0.1, 0.15) is 25.7 Å². The highest BCUT2D eigenvalue weighted by Crippen LogP contribution is 2.29. The minimum Gasteiger partial charge on any atom is -0.302 e. The van der Waals surface area contributed by atoms with Crippen molar-refractivity contribution in [3.8, 4) is 0 Å². The molecule has 0 aromatic rings. The van der Waals surface area contributed by atoms with Gasteiger partial charge in [-0.1, -0.05) is 19.3 Å². The smallest absolute Gasteiger partial charge is 0.133 e. The Kier molecular flexibility index (Phi) is 3.57. The van der Waals surface area contributed by atoms with Gasteiger partial charge in [-0.2, -0.15) is 0 Å². The molecule has 0 radical (unpaired) electrons. The van der Waals surface area contributed by atoms with Crippen LogP contribution in [-0.4, -0.2) is 31.3 Å². The number of likely N-dealkylation sites (N-methyl/N-ethyl adjacent to an activating group) is 1. The summed E-state index contributed by atoms with van der Waals surface area (Å²) >= 11 is 0. The molecule has 0 spiro atoms. The van der Waals surface area contributed by atoms with E-state index in [1.807, 2.05) is 7.05 Å². The van der Waals surface area contributed by atoms with Crippen molar-refractivity contribution in [2.24, 2.45) is 5.92 Å². The maximum atomic E-state index is 10.1. The summed E-state index contributed by atoms with van der Waals surface area (Å²) in [5, 5.41) is 0. The lowest BCUT2D eigenvalue weighted by molar-refractivity contribution is -0.108. The predicted octanol–water partition coefficient (Wildman–Crippen LogP) is 1.31. The third-order valence-electron chi connectivity index (χ3n) is 2.53. The van der Waals surface area contributed by atoms with Crippen molar-refractivity contribution < 1.29 is 4.79 Å². The zero-order valence-electron chi connectivity index (χ0n) is 7.25. The van der Waals surface area contributed by atoms with E-state index in [1.54, 1.807) is 0 Å². The van der Waals surface area contributed by atoms with Crippen LogP contribution in [0.5, 0.6) is 0 Å². The Bertz CT molecular complexity index is 121. The van der Waals surface area contributed by atoms with E-state index in [2.05, 4.69) is 4.90 Å². The average molecular weight is 155 g/mol. The van der Waals surface area contributed by atoms with Crippen molar-refractivity contribution in [2.45, 2.75) is 25.7 Å². The molecule has 0 atom stereocenters. The highest BCUT2D eigenvalue weighted by Gasteiger charge is 2.16. The molecule has 1 saturated carbocycles. The van der Waals surface area contributed by atoms with Gasteiger partial charge in [0, 0.05) is 0 Å². The first-order valence-corrected chi connectivity index (χ1v) is 4.45. The van der Waals surface area contributed by atoms with Gasteiger partial charge >= 0.3 is 0 Å². The molecule has 2 heteroatoms. The summed E-state index contributed by atoms with van der Waals surface area (Å²) in [5.74, 6) is 0.962. The molecule has 1 fully saturated rings. The first-order valence-electron chi connectivity index (χ1n) is 4.45. The molecule has 1 rings (SSSR count). The van der Waals surface area contributed by atoms with Gasteiger partial charge in [-0.25, -0.2) is 0 Å². The minimum absolute atomic E-state index is 0.590. The van der Waals surface area contributed by atoms with Crippen LogP contribution in [0.25, 0.3) is 0 Å². The molecule has 0 heterocycles. The molecular weight excluding hydrogens is 138 g/mol. The predicted molar refractivity (Wildman–Crippen MR) is 45.5 cm³/mol. The van der Waals surface area contributed by atoms with Crippen molar-refractivity contribution in [1.82, 2.24) is 4.90 Å². The number of aldehydes is 1. The van der Waals surface area contributed by atoms with Crippen LogP contribution in [-0.2, 0) is 4.79 Å². The molecular formula is C9H17NO. The van der Waals surface area contributed by atoms with Gasteiger partial charge in [0.25, 0.3) is 0 Å². The molecule has 0 N–H and O–H groups in total. The van der Waals surface area contributed by atoms with E-state index < -0.39 is 0 Å². The first kappa shape index (κ1) is 8.72. The second-order valence-corrected chi connectivity index (χ2v) is 3.51. The topological polar surface area (TPSA) is 20.3 Å². The van der Waals surface area contributed by atoms with E-state index in [9.17, 15) is 4.79 Å². The first-order chi connectivity index (χ1) is 5.33. The quantitative estimate of drug-likeness (QED) is 0.558. The number of carbonyl (C=O) groups is 1. The highest BCUT2D eigenvalue weighted by molar-refractivity contribution is 5.51. The van der Waals surface area contributed by atoms with Crippen LogP contribution in [0.2, 0.25) is 0 Å². The normalized spacial score (nSPS) is 18.4. The summed E-state index contributed by atoms with van der Waals surface area (Å²) in [6.07, 6.45) is 6.50. The van der Waals surface area contributed by atoms with Gasteiger partial charge in [0.1, 0.15) is 6.29 Å². The molecule has 64 valence electrons. The van der Waals surface area contributed by atoms with Gasteiger partial charge in [0.05, 0.1) is 6.54 Å². The van der Waals surface area contributed by atoms with Crippen LogP contribution >= 0.6 is 0 Å². The molecule has 0 aromatic heterocycles. The number of carbonyl (C=O) groups excluding carboxylic acids is 1. The van der Waals surface area contributed by atoms with Gasteiger partial charge in [0.15, 0.2) is 0 Å². The second kappa shape index (κ2) is 4.50. The van der Waals surface area contributed by atoms with Gasteiger partial charge in [-0.15, -0.1) is 0 Å². The Hall–Kier alpha value is -0.370. The van der Waals surface area contributed by atoms with E-state index in [0.29, 0.717) is 6.54 Å². The lowest BCUT2D eigenvalue weighted by atomic mass is 9.83. The largest absolute Gasteiger partial charge is 0.302 e. The summed E-state index contributed by atoms with van der Waals surface area (Å²) in [4.78, 5) is 12.2. The van der Waals surface area contributed by atoms with E-state index in [4.69, 9.17) is 0 Å². The van der Waals surface area contributed by atoms with E-state index in [-0.39, 0.29) is 0 Å². The number of rotatable bonds is 5. The second-order valence-electron chi connectivity index (χ2n) is 3.51. The Morgan fingerprint density at radius 2 is 2.27 bits per heavy atom. The molecule has 1 aliphatic carbocycles. The monoisotopic (exact) mass is 155 g/mol. The van der Waals surface area contributed by atoms with Crippen molar-refractivity contribution in [3.63, 3.8) is 0 Å². The summed E-state index contributed by atoms with van der Waals surface area (Å²) in [7, 11) is 2.01. The Morgan fingerprint density at radius 1 is 1.55 bits per heavy atom. The van der Waals surface area contributed by atoms with E-state index in [0.717, 1.165) is 18.7 Å². The van der Waals surface area contributed by atoms with Gasteiger partial charge in [-0.3, -0.25) is 4.90 Å². The number of hydrogen-bond donors (Lipinski definition) is 0. The third kappa shape index (κ3) is 3.02. The molecule has 0 aliphatic heterocycles. The summed E-state index contributed by atoms with van der Waals surface area (Å²) < 4.78 is 0. The van der Waals surface area contributed by atoms with Gasteiger partial charge < -0.3 is 4.79 Å². The summed E-state index contributed by atoms with van der Waals surface area (Å²) in [5.41, 5.74) is 0. The van der Waals surface area contributed by atoms with E-state index in [1.165, 1.54) is 25.7 Å². The van der Waals surface area contributed by atoms with Crippen LogP contribution < -0.4 is 0 Å². The maximum absolute atomic E-state index is 10.1. The third-order valence-corrected chi connectivity index (χ3v) is 2.53. The molecule has 0 aromatic carbocycles. The van der Waals surface area contributed by atoms with Crippen LogP contribution in [0.15, 0.2) is 0 Å². The fourth-order valence-electron chi connectivity index (χ4n) is 1.40. The van der Waals surface area contributed by atoms with Crippen LogP contribution in [0.3, 0.4) is 0 Å². The van der Waals surface area contributed by atoms with Gasteiger partial charge in [-0.05, 0) is 25.9 Å². The molecule has 0 amide bonds. The fourth-order valence-corrected chi connectivity index (χ4v) is 1.40. The molecule has 1 aliphatic rings. The summed E-state index contributed by atoms with van der Waals surface area (Å²) in [6, 6.07) is 0. The zero-order chi connectivity index (χ0) is 8.10. The molecule has 0 unspecified atom stereocenters. The SMILES string of the molecule is CN(CC=O)CCC1CCC1. The fraction of sp³-hybridized carbons (Fsp3) is 0.889. The minimum atomic E-state index is 0.590. The molecule has 0 bridgehead atoms. The highest BCUT2D eigenvalue weighted by atomic mass is 16.1. The Labute approximate surface area is 68.6 Å². The van der Waals surface area contributed by atoms with Crippen molar-refractivity contribution in [2.75, 3.05) is 20.1 Å². The maximum Gasteiger partial charge on any atom is 0.133 e. The Morgan fingerprint density at radius 3 is 2.73 bits per heavy atom. The zero-order valence-corrected chi connectivity index (χ0v) is 7.25. The average Bonchev–Trinajstić information content (AvgIpc) is 1.85. The molecule has 0 saturated heterocycles.